The lowest BCUT2D eigenvalue weighted by Gasteiger charge is -2.13. The minimum Gasteiger partial charge on any atom is -0.361 e. The first-order valence-corrected chi connectivity index (χ1v) is 9.50. The summed E-state index contributed by atoms with van der Waals surface area (Å²) in [6.45, 7) is 2.35. The van der Waals surface area contributed by atoms with Gasteiger partial charge in [0.25, 0.3) is 0 Å². The summed E-state index contributed by atoms with van der Waals surface area (Å²) in [5, 5.41) is 7.78. The van der Waals surface area contributed by atoms with E-state index >= 15 is 0 Å². The first kappa shape index (κ1) is 23.9. The molecule has 3 N–H and O–H groups in total. The van der Waals surface area contributed by atoms with Gasteiger partial charge in [0.2, 0.25) is 11.9 Å². The first-order valence-electron chi connectivity index (χ1n) is 9.50. The zero-order valence-electron chi connectivity index (χ0n) is 17.3. The highest BCUT2D eigenvalue weighted by molar-refractivity contribution is 5.60. The van der Waals surface area contributed by atoms with Crippen LogP contribution in [0.2, 0.25) is 0 Å². The zero-order valence-corrected chi connectivity index (χ0v) is 17.3. The lowest BCUT2D eigenvalue weighted by molar-refractivity contribution is -0.141. The average Bonchev–Trinajstić information content (AvgIpc) is 2.71. The SMILES string of the molecule is CC(C)Nc1nc(Nc2ccnc(C(F)(F)F)c2)nc(-c2cccc(NCC(F)(F)F)n2)n1. The molecule has 0 aliphatic rings. The zero-order chi connectivity index (χ0) is 24.2. The molecule has 176 valence electrons. The van der Waals surface area contributed by atoms with Crippen molar-refractivity contribution in [2.45, 2.75) is 32.2 Å². The largest absolute Gasteiger partial charge is 0.433 e. The maximum absolute atomic E-state index is 12.9. The number of pyridine rings is 2. The maximum Gasteiger partial charge on any atom is 0.433 e. The Hall–Kier alpha value is -3.71. The van der Waals surface area contributed by atoms with Crippen molar-refractivity contribution in [3.8, 4) is 11.5 Å². The number of rotatable bonds is 7. The summed E-state index contributed by atoms with van der Waals surface area (Å²) in [6, 6.07) is 6.28. The third kappa shape index (κ3) is 7.15. The molecule has 33 heavy (non-hydrogen) atoms. The molecule has 3 aromatic rings. The molecule has 0 aliphatic heterocycles. The van der Waals surface area contributed by atoms with Crippen LogP contribution in [-0.2, 0) is 6.18 Å². The van der Waals surface area contributed by atoms with E-state index in [1.165, 1.54) is 24.3 Å². The van der Waals surface area contributed by atoms with Crippen LogP contribution in [0.25, 0.3) is 11.5 Å². The molecule has 3 rings (SSSR count). The van der Waals surface area contributed by atoms with Crippen molar-refractivity contribution in [1.29, 1.82) is 0 Å². The van der Waals surface area contributed by atoms with Gasteiger partial charge in [-0.2, -0.15) is 41.3 Å². The van der Waals surface area contributed by atoms with Crippen LogP contribution in [0.5, 0.6) is 0 Å². The van der Waals surface area contributed by atoms with Gasteiger partial charge < -0.3 is 16.0 Å². The highest BCUT2D eigenvalue weighted by Crippen LogP contribution is 2.29. The van der Waals surface area contributed by atoms with Gasteiger partial charge in [0, 0.05) is 17.9 Å². The Balaban J connectivity index is 1.94. The van der Waals surface area contributed by atoms with Gasteiger partial charge >= 0.3 is 12.4 Å². The number of hydrogen-bond donors (Lipinski definition) is 3. The van der Waals surface area contributed by atoms with E-state index in [4.69, 9.17) is 0 Å². The molecule has 14 heteroatoms. The molecule has 0 aliphatic carbocycles. The molecule has 0 atom stereocenters. The summed E-state index contributed by atoms with van der Waals surface area (Å²) >= 11 is 0. The van der Waals surface area contributed by atoms with Crippen molar-refractivity contribution in [3.63, 3.8) is 0 Å². The van der Waals surface area contributed by atoms with Crippen LogP contribution in [0.4, 0.5) is 49.7 Å². The quantitative estimate of drug-likeness (QED) is 0.418. The average molecular weight is 472 g/mol. The molecular formula is C19H18F6N8. The van der Waals surface area contributed by atoms with E-state index < -0.39 is 24.6 Å². The fraction of sp³-hybridized carbons (Fsp3) is 0.316. The summed E-state index contributed by atoms with van der Waals surface area (Å²) in [7, 11) is 0. The highest BCUT2D eigenvalue weighted by Gasteiger charge is 2.32. The van der Waals surface area contributed by atoms with Crippen molar-refractivity contribution in [1.82, 2.24) is 24.9 Å². The van der Waals surface area contributed by atoms with E-state index in [0.29, 0.717) is 0 Å². The number of hydrogen-bond acceptors (Lipinski definition) is 8. The number of aromatic nitrogens is 5. The number of halogens is 6. The first-order chi connectivity index (χ1) is 15.4. The Morgan fingerprint density at radius 1 is 0.909 bits per heavy atom. The molecule has 0 saturated carbocycles. The summed E-state index contributed by atoms with van der Waals surface area (Å²) in [5.74, 6) is -0.0607. The minimum absolute atomic E-state index is 0.00332. The lowest BCUT2D eigenvalue weighted by Crippen LogP contribution is -2.21. The normalized spacial score (nSPS) is 12.0. The number of alkyl halides is 6. The van der Waals surface area contributed by atoms with Crippen LogP contribution in [0.15, 0.2) is 36.5 Å². The number of nitrogens with one attached hydrogen (secondary N) is 3. The summed E-state index contributed by atoms with van der Waals surface area (Å²) < 4.78 is 76.3. The molecule has 0 radical (unpaired) electrons. The fourth-order valence-electron chi connectivity index (χ4n) is 2.51. The van der Waals surface area contributed by atoms with E-state index in [0.717, 1.165) is 12.3 Å². The summed E-state index contributed by atoms with van der Waals surface area (Å²) in [4.78, 5) is 19.9. The van der Waals surface area contributed by atoms with Gasteiger partial charge in [-0.05, 0) is 38.1 Å². The van der Waals surface area contributed by atoms with Crippen LogP contribution in [0, 0.1) is 0 Å². The number of nitrogens with zero attached hydrogens (tertiary/aromatic N) is 5. The van der Waals surface area contributed by atoms with Gasteiger partial charge in [-0.25, -0.2) is 4.98 Å². The Morgan fingerprint density at radius 3 is 2.30 bits per heavy atom. The van der Waals surface area contributed by atoms with Crippen molar-refractivity contribution in [2.75, 3.05) is 22.5 Å². The highest BCUT2D eigenvalue weighted by atomic mass is 19.4. The van der Waals surface area contributed by atoms with E-state index in [9.17, 15) is 26.3 Å². The monoisotopic (exact) mass is 472 g/mol. The molecule has 0 unspecified atom stereocenters. The predicted octanol–water partition coefficient (Wildman–Crippen LogP) is 4.89. The van der Waals surface area contributed by atoms with Gasteiger partial charge in [0.1, 0.15) is 23.8 Å². The third-order valence-corrected chi connectivity index (χ3v) is 3.81. The van der Waals surface area contributed by atoms with Gasteiger partial charge in [-0.1, -0.05) is 6.07 Å². The Bertz CT molecular complexity index is 1100. The smallest absolute Gasteiger partial charge is 0.361 e. The van der Waals surface area contributed by atoms with Crippen molar-refractivity contribution < 1.29 is 26.3 Å². The van der Waals surface area contributed by atoms with Crippen molar-refractivity contribution in [3.05, 3.63) is 42.2 Å². The van der Waals surface area contributed by atoms with E-state index in [1.54, 1.807) is 0 Å². The topological polar surface area (TPSA) is 101 Å². The molecule has 0 fully saturated rings. The van der Waals surface area contributed by atoms with E-state index in [2.05, 4.69) is 40.9 Å². The molecule has 8 nitrogen and oxygen atoms in total. The van der Waals surface area contributed by atoms with Gasteiger partial charge in [0.15, 0.2) is 5.82 Å². The van der Waals surface area contributed by atoms with E-state index in [-0.39, 0.29) is 41.0 Å². The van der Waals surface area contributed by atoms with Crippen molar-refractivity contribution >= 4 is 23.4 Å². The molecule has 0 amide bonds. The standard InChI is InChI=1S/C19H18F6N8/c1-10(2)28-16-31-15(12-4-3-5-14(30-12)27-9-18(20,21)22)32-17(33-16)29-11-6-7-26-13(8-11)19(23,24)25/h3-8,10H,9H2,1-2H3,(H,27,30)(H2,26,28,29,31,32,33). The Kier molecular flexibility index (Phi) is 6.84. The van der Waals surface area contributed by atoms with Crippen LogP contribution >= 0.6 is 0 Å². The van der Waals surface area contributed by atoms with Crippen LogP contribution < -0.4 is 16.0 Å². The molecule has 0 saturated heterocycles. The van der Waals surface area contributed by atoms with Crippen molar-refractivity contribution in [2.24, 2.45) is 0 Å². The van der Waals surface area contributed by atoms with Gasteiger partial charge in [-0.15, -0.1) is 0 Å². The Labute approximate surface area is 183 Å². The molecule has 0 aromatic carbocycles. The second kappa shape index (κ2) is 9.42. The Morgan fingerprint density at radius 2 is 1.64 bits per heavy atom. The van der Waals surface area contributed by atoms with E-state index in [1.807, 2.05) is 13.8 Å². The number of anilines is 4. The van der Waals surface area contributed by atoms with Crippen LogP contribution in [0.1, 0.15) is 19.5 Å². The third-order valence-electron chi connectivity index (χ3n) is 3.81. The molecular weight excluding hydrogens is 454 g/mol. The van der Waals surface area contributed by atoms with Gasteiger partial charge in [-0.3, -0.25) is 4.98 Å². The molecule has 3 heterocycles. The summed E-state index contributed by atoms with van der Waals surface area (Å²) in [6.07, 6.45) is -8.09. The predicted molar refractivity (Wildman–Crippen MR) is 109 cm³/mol. The second-order valence-electron chi connectivity index (χ2n) is 7.03. The van der Waals surface area contributed by atoms with Gasteiger partial charge in [0.05, 0.1) is 0 Å². The second-order valence-corrected chi connectivity index (χ2v) is 7.03. The maximum atomic E-state index is 12.9. The summed E-state index contributed by atoms with van der Waals surface area (Å²) in [5.41, 5.74) is -0.948. The lowest BCUT2D eigenvalue weighted by atomic mass is 10.3. The van der Waals surface area contributed by atoms with Crippen LogP contribution in [0.3, 0.4) is 0 Å². The molecule has 0 spiro atoms. The minimum atomic E-state index is -4.64. The van der Waals surface area contributed by atoms with Crippen LogP contribution in [-0.4, -0.2) is 43.7 Å². The fourth-order valence-corrected chi connectivity index (χ4v) is 2.51. The molecule has 3 aromatic heterocycles. The molecule has 0 bridgehead atoms.